The van der Waals surface area contributed by atoms with Crippen molar-refractivity contribution < 1.29 is 0 Å². The van der Waals surface area contributed by atoms with Crippen LogP contribution in [0.5, 0.6) is 0 Å². The molecular weight excluding hydrogens is 204 g/mol. The summed E-state index contributed by atoms with van der Waals surface area (Å²) in [5.74, 6) is 0. The van der Waals surface area contributed by atoms with Gasteiger partial charge in [-0.15, -0.1) is 0 Å². The quantitative estimate of drug-likeness (QED) is 0.487. The van der Waals surface area contributed by atoms with Crippen LogP contribution in [0.4, 0.5) is 0 Å². The van der Waals surface area contributed by atoms with E-state index in [0.717, 1.165) is 6.42 Å². The van der Waals surface area contributed by atoms with Crippen LogP contribution in [0.2, 0.25) is 0 Å². The fraction of sp³-hybridized carbons (Fsp3) is 0.294. The average Bonchev–Trinajstić information content (AvgIpc) is 2.32. The molecule has 1 atom stereocenters. The monoisotopic (exact) mass is 226 g/mol. The van der Waals surface area contributed by atoms with Crippen molar-refractivity contribution in [3.8, 4) is 0 Å². The predicted molar refractivity (Wildman–Crippen MR) is 77.2 cm³/mol. The zero-order valence-electron chi connectivity index (χ0n) is 11.2. The molecule has 17 heavy (non-hydrogen) atoms. The summed E-state index contributed by atoms with van der Waals surface area (Å²) in [5.41, 5.74) is 3.73. The van der Waals surface area contributed by atoms with E-state index in [-0.39, 0.29) is 5.41 Å². The van der Waals surface area contributed by atoms with Crippen molar-refractivity contribution in [1.82, 2.24) is 0 Å². The molecule has 0 nitrogen and oxygen atoms in total. The molecule has 0 aromatic heterocycles. The van der Waals surface area contributed by atoms with E-state index in [0.29, 0.717) is 0 Å². The van der Waals surface area contributed by atoms with Crippen molar-refractivity contribution in [3.63, 3.8) is 0 Å². The zero-order chi connectivity index (χ0) is 12.9. The lowest BCUT2D eigenvalue weighted by atomic mass is 9.68. The van der Waals surface area contributed by atoms with Crippen LogP contribution >= 0.6 is 0 Å². The van der Waals surface area contributed by atoms with Gasteiger partial charge in [-0.3, -0.25) is 0 Å². The van der Waals surface area contributed by atoms with E-state index in [1.54, 1.807) is 0 Å². The Labute approximate surface area is 105 Å². The Hall–Kier alpha value is -1.56. The molecule has 0 N–H and O–H groups in total. The van der Waals surface area contributed by atoms with Crippen LogP contribution in [0.15, 0.2) is 66.8 Å². The van der Waals surface area contributed by atoms with Gasteiger partial charge in [0.2, 0.25) is 0 Å². The highest BCUT2D eigenvalue weighted by Crippen LogP contribution is 2.41. The van der Waals surface area contributed by atoms with Gasteiger partial charge in [0.15, 0.2) is 0 Å². The van der Waals surface area contributed by atoms with Gasteiger partial charge in [-0.25, -0.2) is 0 Å². The van der Waals surface area contributed by atoms with Crippen molar-refractivity contribution >= 4 is 0 Å². The minimum atomic E-state index is -0.0601. The number of hydrogen-bond acceptors (Lipinski definition) is 0. The molecule has 0 saturated carbocycles. The van der Waals surface area contributed by atoms with E-state index >= 15 is 0 Å². The molecule has 0 bridgehead atoms. The van der Waals surface area contributed by atoms with Crippen molar-refractivity contribution in [3.05, 3.63) is 72.4 Å². The Morgan fingerprint density at radius 3 is 2.24 bits per heavy atom. The summed E-state index contributed by atoms with van der Waals surface area (Å²) in [4.78, 5) is 0. The highest BCUT2D eigenvalue weighted by Gasteiger charge is 2.32. The molecule has 1 rings (SSSR count). The van der Waals surface area contributed by atoms with Crippen LogP contribution in [0, 0.1) is 0 Å². The molecule has 0 heterocycles. The Kier molecular flexibility index (Phi) is 4.51. The first kappa shape index (κ1) is 13.5. The third-order valence-electron chi connectivity index (χ3n) is 3.57. The third-order valence-corrected chi connectivity index (χ3v) is 3.57. The number of benzene rings is 1. The first-order valence-corrected chi connectivity index (χ1v) is 6.11. The highest BCUT2D eigenvalue weighted by atomic mass is 14.4. The van der Waals surface area contributed by atoms with Gasteiger partial charge in [-0.05, 0) is 25.8 Å². The minimum Gasteiger partial charge on any atom is -0.0991 e. The van der Waals surface area contributed by atoms with E-state index in [2.05, 4.69) is 70.3 Å². The number of rotatable bonds is 5. The molecular formula is C17H22. The van der Waals surface area contributed by atoms with Crippen molar-refractivity contribution in [2.75, 3.05) is 0 Å². The summed E-state index contributed by atoms with van der Waals surface area (Å²) >= 11 is 0. The van der Waals surface area contributed by atoms with E-state index in [9.17, 15) is 0 Å². The lowest BCUT2D eigenvalue weighted by Gasteiger charge is -2.35. The summed E-state index contributed by atoms with van der Waals surface area (Å²) in [5, 5.41) is 0. The first-order chi connectivity index (χ1) is 8.09. The topological polar surface area (TPSA) is 0 Å². The second-order valence-corrected chi connectivity index (χ2v) is 4.49. The summed E-state index contributed by atoms with van der Waals surface area (Å²) in [7, 11) is 0. The fourth-order valence-electron chi connectivity index (χ4n) is 2.64. The van der Waals surface area contributed by atoms with Crippen LogP contribution in [0.1, 0.15) is 32.8 Å². The van der Waals surface area contributed by atoms with Gasteiger partial charge in [0.1, 0.15) is 0 Å². The zero-order valence-corrected chi connectivity index (χ0v) is 11.2. The second kappa shape index (κ2) is 5.67. The summed E-state index contributed by atoms with van der Waals surface area (Å²) in [6.45, 7) is 14.5. The molecule has 1 aromatic rings. The molecule has 1 aromatic carbocycles. The van der Waals surface area contributed by atoms with Gasteiger partial charge in [-0.1, -0.05) is 73.7 Å². The Morgan fingerprint density at radius 1 is 1.24 bits per heavy atom. The predicted octanol–water partition coefficient (Wildman–Crippen LogP) is 5.04. The number of allylic oxidation sites excluding steroid dienone is 4. The van der Waals surface area contributed by atoms with Crippen LogP contribution in [0.3, 0.4) is 0 Å². The Balaban J connectivity index is 3.44. The molecule has 90 valence electrons. The average molecular weight is 226 g/mol. The van der Waals surface area contributed by atoms with Crippen molar-refractivity contribution in [1.29, 1.82) is 0 Å². The second-order valence-electron chi connectivity index (χ2n) is 4.49. The molecule has 0 aliphatic rings. The molecule has 1 unspecified atom stereocenters. The SMILES string of the molecule is C=C/C=C(\C)C(CC)(C(=C)C)c1ccccc1. The third kappa shape index (κ3) is 2.41. The van der Waals surface area contributed by atoms with Gasteiger partial charge in [0, 0.05) is 5.41 Å². The van der Waals surface area contributed by atoms with Crippen LogP contribution in [0.25, 0.3) is 0 Å². The van der Waals surface area contributed by atoms with E-state index in [4.69, 9.17) is 0 Å². The van der Waals surface area contributed by atoms with Gasteiger partial charge in [0.25, 0.3) is 0 Å². The summed E-state index contributed by atoms with van der Waals surface area (Å²) < 4.78 is 0. The maximum atomic E-state index is 4.20. The standard InChI is InChI=1S/C17H22/c1-6-11-15(5)17(7-2,14(3)4)16-12-9-8-10-13-16/h6,8-13H,1,3,7H2,2,4-5H3/b15-11+. The van der Waals surface area contributed by atoms with Crippen LogP contribution in [-0.4, -0.2) is 0 Å². The van der Waals surface area contributed by atoms with Crippen molar-refractivity contribution in [2.45, 2.75) is 32.6 Å². The van der Waals surface area contributed by atoms with Gasteiger partial charge < -0.3 is 0 Å². The fourth-order valence-corrected chi connectivity index (χ4v) is 2.64. The largest absolute Gasteiger partial charge is 0.0991 e. The smallest absolute Gasteiger partial charge is 0.0363 e. The van der Waals surface area contributed by atoms with Gasteiger partial charge in [0.05, 0.1) is 0 Å². The lowest BCUT2D eigenvalue weighted by Crippen LogP contribution is -2.28. The molecule has 0 saturated heterocycles. The summed E-state index contributed by atoms with van der Waals surface area (Å²) in [6.07, 6.45) is 4.96. The summed E-state index contributed by atoms with van der Waals surface area (Å²) in [6, 6.07) is 10.6. The highest BCUT2D eigenvalue weighted by molar-refractivity contribution is 5.45. The van der Waals surface area contributed by atoms with Gasteiger partial charge in [-0.2, -0.15) is 0 Å². The molecule has 0 aliphatic carbocycles. The molecule has 0 amide bonds. The van der Waals surface area contributed by atoms with Crippen LogP contribution < -0.4 is 0 Å². The maximum Gasteiger partial charge on any atom is 0.0363 e. The lowest BCUT2D eigenvalue weighted by molar-refractivity contribution is 0.568. The van der Waals surface area contributed by atoms with Crippen molar-refractivity contribution in [2.24, 2.45) is 0 Å². The number of hydrogen-bond donors (Lipinski definition) is 0. The first-order valence-electron chi connectivity index (χ1n) is 6.11. The van der Waals surface area contributed by atoms with E-state index in [1.807, 2.05) is 6.08 Å². The van der Waals surface area contributed by atoms with Gasteiger partial charge >= 0.3 is 0 Å². The maximum absolute atomic E-state index is 4.20. The Bertz CT molecular complexity index is 423. The van der Waals surface area contributed by atoms with Crippen LogP contribution in [-0.2, 0) is 5.41 Å². The molecule has 0 spiro atoms. The van der Waals surface area contributed by atoms with E-state index < -0.39 is 0 Å². The minimum absolute atomic E-state index is 0.0601. The molecule has 0 fully saturated rings. The normalized spacial score (nSPS) is 15.1. The molecule has 0 aliphatic heterocycles. The Morgan fingerprint density at radius 2 is 1.82 bits per heavy atom. The van der Waals surface area contributed by atoms with E-state index in [1.165, 1.54) is 16.7 Å². The molecule has 0 heteroatoms. The molecule has 0 radical (unpaired) electrons.